The van der Waals surface area contributed by atoms with Gasteiger partial charge in [-0.3, -0.25) is 9.48 Å². The summed E-state index contributed by atoms with van der Waals surface area (Å²) >= 11 is 0. The number of aromatic nitrogens is 3. The molecule has 1 aromatic carbocycles. The van der Waals surface area contributed by atoms with Crippen LogP contribution < -0.4 is 0 Å². The van der Waals surface area contributed by atoms with Crippen molar-refractivity contribution >= 4 is 5.91 Å². The predicted octanol–water partition coefficient (Wildman–Crippen LogP) is 2.25. The monoisotopic (exact) mass is 340 g/mol. The largest absolute Gasteiger partial charge is 0.389 e. The van der Waals surface area contributed by atoms with Crippen LogP contribution in [0.3, 0.4) is 0 Å². The lowest BCUT2D eigenvalue weighted by atomic mass is 9.71. The number of amides is 1. The highest BCUT2D eigenvalue weighted by molar-refractivity contribution is 5.94. The fourth-order valence-electron chi connectivity index (χ4n) is 4.17. The van der Waals surface area contributed by atoms with Gasteiger partial charge in [0, 0.05) is 37.2 Å². The van der Waals surface area contributed by atoms with Gasteiger partial charge in [0.15, 0.2) is 5.82 Å². The van der Waals surface area contributed by atoms with Crippen molar-refractivity contribution in [1.82, 2.24) is 19.7 Å². The highest BCUT2D eigenvalue weighted by atomic mass is 16.3. The Morgan fingerprint density at radius 2 is 2.04 bits per heavy atom. The minimum Gasteiger partial charge on any atom is -0.389 e. The second-order valence-corrected chi connectivity index (χ2v) is 7.37. The lowest BCUT2D eigenvalue weighted by Gasteiger charge is -2.47. The van der Waals surface area contributed by atoms with Crippen LogP contribution in [-0.2, 0) is 7.05 Å². The molecule has 25 heavy (non-hydrogen) atoms. The highest BCUT2D eigenvalue weighted by Gasteiger charge is 2.43. The Hall–Kier alpha value is -2.21. The van der Waals surface area contributed by atoms with E-state index in [2.05, 4.69) is 10.1 Å². The van der Waals surface area contributed by atoms with Gasteiger partial charge in [0.25, 0.3) is 5.91 Å². The summed E-state index contributed by atoms with van der Waals surface area (Å²) in [5, 5.41) is 15.1. The van der Waals surface area contributed by atoms with E-state index >= 15 is 0 Å². The number of aliphatic hydroxyl groups is 1. The number of fused-ring (bicyclic) bond motifs is 1. The van der Waals surface area contributed by atoms with Gasteiger partial charge >= 0.3 is 0 Å². The van der Waals surface area contributed by atoms with Gasteiger partial charge in [-0.25, -0.2) is 4.98 Å². The average Bonchev–Trinajstić information content (AvgIpc) is 3.07. The number of benzene rings is 1. The third-order valence-electron chi connectivity index (χ3n) is 5.70. The maximum Gasteiger partial charge on any atom is 0.253 e. The summed E-state index contributed by atoms with van der Waals surface area (Å²) < 4.78 is 1.66. The number of likely N-dealkylation sites (tertiary alicyclic amines) is 1. The number of nitrogens with zero attached hydrogens (tertiary/aromatic N) is 4. The number of piperidine rings is 1. The molecule has 2 aliphatic rings. The van der Waals surface area contributed by atoms with Gasteiger partial charge in [-0.2, -0.15) is 5.10 Å². The van der Waals surface area contributed by atoms with E-state index in [-0.39, 0.29) is 11.8 Å². The van der Waals surface area contributed by atoms with E-state index in [4.69, 9.17) is 0 Å². The molecule has 1 amide bonds. The van der Waals surface area contributed by atoms with E-state index in [1.54, 1.807) is 11.0 Å². The molecule has 1 saturated heterocycles. The fourth-order valence-corrected chi connectivity index (χ4v) is 4.17. The molecule has 6 nitrogen and oxygen atoms in total. The maximum atomic E-state index is 12.8. The molecular formula is C19H24N4O2. The van der Waals surface area contributed by atoms with Gasteiger partial charge in [0.1, 0.15) is 6.33 Å². The molecule has 1 N–H and O–H groups in total. The summed E-state index contributed by atoms with van der Waals surface area (Å²) in [5.41, 5.74) is 1.03. The van der Waals surface area contributed by atoms with Crippen molar-refractivity contribution in [2.45, 2.75) is 37.7 Å². The van der Waals surface area contributed by atoms with Crippen molar-refractivity contribution in [3.63, 3.8) is 0 Å². The minimum atomic E-state index is -0.552. The van der Waals surface area contributed by atoms with E-state index in [1.807, 2.05) is 36.2 Å². The van der Waals surface area contributed by atoms with Gasteiger partial charge in [-0.05, 0) is 31.4 Å². The molecule has 4 rings (SSSR count). The Labute approximate surface area is 147 Å². The van der Waals surface area contributed by atoms with E-state index in [0.717, 1.165) is 31.2 Å². The lowest BCUT2D eigenvalue weighted by Crippen LogP contribution is -2.54. The summed E-state index contributed by atoms with van der Waals surface area (Å²) in [6.07, 6.45) is 6.51. The first-order chi connectivity index (χ1) is 12.0. The number of aryl methyl sites for hydroxylation is 1. The standard InChI is InChI=1S/C19H24N4O2/c1-22-13-20-17(21-22)14-5-7-15(8-6-14)18(24)23-11-10-19(25)9-3-2-4-16(19)12-23/h5-8,13,16,25H,2-4,9-12H2,1H3. The second-order valence-electron chi connectivity index (χ2n) is 7.37. The molecule has 2 heterocycles. The van der Waals surface area contributed by atoms with Crippen molar-refractivity contribution in [3.8, 4) is 11.4 Å². The van der Waals surface area contributed by atoms with Crippen molar-refractivity contribution in [1.29, 1.82) is 0 Å². The quantitative estimate of drug-likeness (QED) is 0.910. The zero-order chi connectivity index (χ0) is 17.4. The normalized spacial score (nSPS) is 26.3. The van der Waals surface area contributed by atoms with Crippen LogP contribution in [0, 0.1) is 5.92 Å². The van der Waals surface area contributed by atoms with Crippen molar-refractivity contribution in [3.05, 3.63) is 36.2 Å². The Morgan fingerprint density at radius 3 is 2.76 bits per heavy atom. The average molecular weight is 340 g/mol. The smallest absolute Gasteiger partial charge is 0.253 e. The first-order valence-corrected chi connectivity index (χ1v) is 9.03. The number of hydrogen-bond donors (Lipinski definition) is 1. The molecule has 1 aliphatic carbocycles. The molecule has 1 aliphatic heterocycles. The Kier molecular flexibility index (Phi) is 4.07. The zero-order valence-corrected chi connectivity index (χ0v) is 14.6. The summed E-state index contributed by atoms with van der Waals surface area (Å²) in [5.74, 6) is 0.927. The van der Waals surface area contributed by atoms with E-state index < -0.39 is 5.60 Å². The molecule has 0 bridgehead atoms. The van der Waals surface area contributed by atoms with E-state index in [9.17, 15) is 9.90 Å². The third-order valence-corrected chi connectivity index (χ3v) is 5.70. The number of carbonyl (C=O) groups is 1. The SMILES string of the molecule is Cn1cnc(-c2ccc(C(=O)N3CCC4(O)CCCCC4C3)cc2)n1. The lowest BCUT2D eigenvalue weighted by molar-refractivity contribution is -0.0886. The van der Waals surface area contributed by atoms with E-state index in [1.165, 1.54) is 0 Å². The molecule has 6 heteroatoms. The van der Waals surface area contributed by atoms with Crippen LogP contribution in [0.1, 0.15) is 42.5 Å². The topological polar surface area (TPSA) is 71.2 Å². The van der Waals surface area contributed by atoms with Crippen LogP contribution in [0.2, 0.25) is 0 Å². The first-order valence-electron chi connectivity index (χ1n) is 9.03. The zero-order valence-electron chi connectivity index (χ0n) is 14.6. The van der Waals surface area contributed by atoms with Crippen LogP contribution in [0.15, 0.2) is 30.6 Å². The Balaban J connectivity index is 1.47. The molecule has 2 unspecified atom stereocenters. The molecule has 2 aromatic rings. The fraction of sp³-hybridized carbons (Fsp3) is 0.526. The molecule has 1 saturated carbocycles. The van der Waals surface area contributed by atoms with Crippen LogP contribution in [0.5, 0.6) is 0 Å². The van der Waals surface area contributed by atoms with Crippen LogP contribution in [-0.4, -0.2) is 49.4 Å². The second kappa shape index (κ2) is 6.26. The van der Waals surface area contributed by atoms with Gasteiger partial charge in [-0.1, -0.05) is 25.0 Å². The third kappa shape index (κ3) is 3.06. The number of rotatable bonds is 2. The molecular weight excluding hydrogens is 316 g/mol. The minimum absolute atomic E-state index is 0.0492. The van der Waals surface area contributed by atoms with Crippen LogP contribution >= 0.6 is 0 Å². The van der Waals surface area contributed by atoms with Crippen molar-refractivity contribution < 1.29 is 9.90 Å². The van der Waals surface area contributed by atoms with E-state index in [0.29, 0.717) is 30.9 Å². The van der Waals surface area contributed by atoms with Crippen molar-refractivity contribution in [2.75, 3.05) is 13.1 Å². The summed E-state index contributed by atoms with van der Waals surface area (Å²) in [7, 11) is 1.83. The molecule has 2 fully saturated rings. The highest BCUT2D eigenvalue weighted by Crippen LogP contribution is 2.40. The molecule has 0 radical (unpaired) electrons. The van der Waals surface area contributed by atoms with Gasteiger partial charge in [0.05, 0.1) is 5.60 Å². The summed E-state index contributed by atoms with van der Waals surface area (Å²) in [6.45, 7) is 1.30. The molecule has 0 spiro atoms. The van der Waals surface area contributed by atoms with Crippen molar-refractivity contribution in [2.24, 2.45) is 13.0 Å². The Bertz CT molecular complexity index is 770. The van der Waals surface area contributed by atoms with Crippen LogP contribution in [0.25, 0.3) is 11.4 Å². The maximum absolute atomic E-state index is 12.8. The summed E-state index contributed by atoms with van der Waals surface area (Å²) in [4.78, 5) is 19.0. The Morgan fingerprint density at radius 1 is 1.24 bits per heavy atom. The number of hydrogen-bond acceptors (Lipinski definition) is 4. The number of carbonyl (C=O) groups excluding carboxylic acids is 1. The van der Waals surface area contributed by atoms with Gasteiger partial charge in [0.2, 0.25) is 0 Å². The molecule has 132 valence electrons. The molecule has 1 aromatic heterocycles. The summed E-state index contributed by atoms with van der Waals surface area (Å²) in [6, 6.07) is 7.47. The van der Waals surface area contributed by atoms with Gasteiger partial charge < -0.3 is 10.0 Å². The van der Waals surface area contributed by atoms with Gasteiger partial charge in [-0.15, -0.1) is 0 Å². The van der Waals surface area contributed by atoms with Crippen LogP contribution in [0.4, 0.5) is 0 Å². The predicted molar refractivity (Wildman–Crippen MR) is 93.9 cm³/mol. The molecule has 2 atom stereocenters. The first kappa shape index (κ1) is 16.3.